The minimum absolute atomic E-state index is 0.0133. The molecule has 1 saturated heterocycles. The van der Waals surface area contributed by atoms with Crippen LogP contribution < -0.4 is 9.47 Å². The van der Waals surface area contributed by atoms with E-state index in [9.17, 15) is 9.90 Å². The van der Waals surface area contributed by atoms with Crippen LogP contribution in [-0.4, -0.2) is 73.3 Å². The molecule has 8 nitrogen and oxygen atoms in total. The lowest BCUT2D eigenvalue weighted by molar-refractivity contribution is -0.171. The molecule has 3 aliphatic rings. The third-order valence-electron chi connectivity index (χ3n) is 7.05. The number of carbonyl (C=O) groups is 1. The highest BCUT2D eigenvalue weighted by Crippen LogP contribution is 2.40. The molecule has 4 heterocycles. The van der Waals surface area contributed by atoms with Crippen molar-refractivity contribution in [3.05, 3.63) is 58.0 Å². The topological polar surface area (TPSA) is 80.7 Å². The number of fused-ring (bicyclic) bond motifs is 1. The van der Waals surface area contributed by atoms with Gasteiger partial charge in [-0.15, -0.1) is 0 Å². The second-order valence-corrected chi connectivity index (χ2v) is 10.1. The number of allylic oxidation sites excluding steroid dienone is 1. The molecule has 3 atom stereocenters. The van der Waals surface area contributed by atoms with Gasteiger partial charge in [-0.05, 0) is 65.9 Å². The summed E-state index contributed by atoms with van der Waals surface area (Å²) in [5, 5.41) is 13.6. The Morgan fingerprint density at radius 1 is 1.17 bits per heavy atom. The number of thiophene rings is 1. The van der Waals surface area contributed by atoms with E-state index in [1.54, 1.807) is 11.3 Å². The van der Waals surface area contributed by atoms with Gasteiger partial charge in [0.15, 0.2) is 17.3 Å². The average molecular weight is 515 g/mol. The molecular formula is C27H34N2O6S. The number of aliphatic hydroxyl groups excluding tert-OH is 1. The van der Waals surface area contributed by atoms with Crippen LogP contribution in [0.1, 0.15) is 36.8 Å². The smallest absolute Gasteiger partial charge is 0.288 e. The minimum Gasteiger partial charge on any atom is -0.459 e. The average Bonchev–Trinajstić information content (AvgIpc) is 3.60. The van der Waals surface area contributed by atoms with Crippen molar-refractivity contribution in [1.29, 1.82) is 0 Å². The maximum atomic E-state index is 13.5. The Labute approximate surface area is 216 Å². The van der Waals surface area contributed by atoms with Crippen LogP contribution in [0.2, 0.25) is 0 Å². The first kappa shape index (κ1) is 25.1. The largest absolute Gasteiger partial charge is 0.459 e. The van der Waals surface area contributed by atoms with Gasteiger partial charge in [0.1, 0.15) is 0 Å². The molecule has 194 valence electrons. The van der Waals surface area contributed by atoms with Crippen LogP contribution in [0.4, 0.5) is 0 Å². The molecule has 0 unspecified atom stereocenters. The maximum absolute atomic E-state index is 13.5. The fraction of sp³-hybridized carbons (Fsp3) is 0.519. The van der Waals surface area contributed by atoms with Crippen molar-refractivity contribution in [3.63, 3.8) is 0 Å². The Balaban J connectivity index is 1.25. The van der Waals surface area contributed by atoms with Crippen molar-refractivity contribution in [1.82, 2.24) is 9.80 Å². The minimum atomic E-state index is -0.511. The van der Waals surface area contributed by atoms with E-state index in [0.29, 0.717) is 31.9 Å². The Morgan fingerprint density at radius 2 is 2.00 bits per heavy atom. The van der Waals surface area contributed by atoms with Gasteiger partial charge in [-0.3, -0.25) is 9.69 Å². The molecule has 0 radical (unpaired) electrons. The molecule has 1 fully saturated rings. The van der Waals surface area contributed by atoms with Crippen molar-refractivity contribution in [2.24, 2.45) is 5.92 Å². The van der Waals surface area contributed by atoms with Crippen LogP contribution >= 0.6 is 11.3 Å². The Bertz CT molecular complexity index is 1050. The number of hydrogen-bond donors (Lipinski definition) is 1. The van der Waals surface area contributed by atoms with E-state index in [0.717, 1.165) is 43.1 Å². The quantitative estimate of drug-likeness (QED) is 0.548. The molecule has 0 bridgehead atoms. The maximum Gasteiger partial charge on any atom is 0.288 e. The predicted octanol–water partition coefficient (Wildman–Crippen LogP) is 3.57. The summed E-state index contributed by atoms with van der Waals surface area (Å²) < 4.78 is 23.0. The first-order valence-corrected chi connectivity index (χ1v) is 13.6. The number of benzene rings is 1. The van der Waals surface area contributed by atoms with Gasteiger partial charge in [-0.1, -0.05) is 6.07 Å². The number of ether oxygens (including phenoxy) is 4. The van der Waals surface area contributed by atoms with Crippen molar-refractivity contribution >= 4 is 17.2 Å². The molecule has 0 spiro atoms. The van der Waals surface area contributed by atoms with Crippen molar-refractivity contribution in [2.45, 2.75) is 38.5 Å². The third-order valence-corrected chi connectivity index (χ3v) is 7.75. The molecule has 5 rings (SSSR count). The normalized spacial score (nSPS) is 23.9. The number of aliphatic hydroxyl groups is 1. The monoisotopic (exact) mass is 514 g/mol. The highest BCUT2D eigenvalue weighted by atomic mass is 32.1. The molecule has 1 amide bonds. The van der Waals surface area contributed by atoms with E-state index in [-0.39, 0.29) is 31.1 Å². The summed E-state index contributed by atoms with van der Waals surface area (Å²) >= 11 is 1.64. The van der Waals surface area contributed by atoms with E-state index >= 15 is 0 Å². The zero-order valence-corrected chi connectivity index (χ0v) is 21.5. The zero-order valence-electron chi connectivity index (χ0n) is 20.6. The van der Waals surface area contributed by atoms with Gasteiger partial charge in [-0.2, -0.15) is 11.3 Å². The molecule has 2 aromatic rings. The highest BCUT2D eigenvalue weighted by molar-refractivity contribution is 7.08. The second kappa shape index (κ2) is 11.6. The lowest BCUT2D eigenvalue weighted by Gasteiger charge is -2.39. The molecule has 0 aliphatic carbocycles. The highest BCUT2D eigenvalue weighted by Gasteiger charge is 2.39. The number of amides is 1. The lowest BCUT2D eigenvalue weighted by Crippen LogP contribution is -2.49. The van der Waals surface area contributed by atoms with Crippen LogP contribution in [0.15, 0.2) is 46.9 Å². The van der Waals surface area contributed by atoms with Crippen LogP contribution in [0, 0.1) is 5.92 Å². The first-order chi connectivity index (χ1) is 17.7. The van der Waals surface area contributed by atoms with Crippen LogP contribution in [0.25, 0.3) is 0 Å². The molecule has 9 heteroatoms. The van der Waals surface area contributed by atoms with Crippen molar-refractivity contribution < 1.29 is 28.8 Å². The van der Waals surface area contributed by atoms with E-state index in [1.165, 1.54) is 5.56 Å². The summed E-state index contributed by atoms with van der Waals surface area (Å²) in [4.78, 5) is 17.7. The predicted molar refractivity (Wildman–Crippen MR) is 136 cm³/mol. The Kier molecular flexibility index (Phi) is 8.11. The van der Waals surface area contributed by atoms with Crippen molar-refractivity contribution in [3.8, 4) is 11.5 Å². The summed E-state index contributed by atoms with van der Waals surface area (Å²) in [5.41, 5.74) is 2.33. The number of piperazine rings is 1. The van der Waals surface area contributed by atoms with Gasteiger partial charge < -0.3 is 29.0 Å². The first-order valence-electron chi connectivity index (χ1n) is 12.7. The SMILES string of the molecule is CCO[C@@H]1OC(C(=O)N2CCN(Cc3ccc4c(c3)OCO4)CC2)=C[C@H](c2ccsc2)[C@@H]1CCCO. The van der Waals surface area contributed by atoms with E-state index < -0.39 is 6.29 Å². The summed E-state index contributed by atoms with van der Waals surface area (Å²) in [5.74, 6) is 1.93. The molecule has 1 N–H and O–H groups in total. The molecule has 36 heavy (non-hydrogen) atoms. The van der Waals surface area contributed by atoms with Gasteiger partial charge >= 0.3 is 0 Å². The molecule has 1 aromatic carbocycles. The van der Waals surface area contributed by atoms with Gasteiger partial charge in [-0.25, -0.2) is 0 Å². The molecule has 1 aromatic heterocycles. The Hall–Kier alpha value is -2.59. The summed E-state index contributed by atoms with van der Waals surface area (Å²) in [6.45, 7) is 6.49. The van der Waals surface area contributed by atoms with Gasteiger partial charge in [0.25, 0.3) is 5.91 Å². The number of carbonyl (C=O) groups excluding carboxylic acids is 1. The standard InChI is InChI=1S/C27H34N2O6S/c1-2-32-27-21(4-3-12-30)22(20-7-13-36-17-20)15-25(35-27)26(31)29-10-8-28(9-11-29)16-19-5-6-23-24(14-19)34-18-33-23/h5-7,13-15,17,21-22,27,30H,2-4,8-12,16,18H2,1H3/t21-,22+,27+/m0/s1. The lowest BCUT2D eigenvalue weighted by atomic mass is 9.81. The van der Waals surface area contributed by atoms with Gasteiger partial charge in [0.2, 0.25) is 13.1 Å². The molecule has 3 aliphatic heterocycles. The van der Waals surface area contributed by atoms with Crippen LogP contribution in [0.3, 0.4) is 0 Å². The summed E-state index contributed by atoms with van der Waals surface area (Å²) in [6, 6.07) is 8.16. The zero-order chi connectivity index (χ0) is 24.9. The van der Waals surface area contributed by atoms with E-state index in [2.05, 4.69) is 27.8 Å². The Morgan fingerprint density at radius 3 is 2.75 bits per heavy atom. The number of nitrogens with zero attached hydrogens (tertiary/aromatic N) is 2. The summed E-state index contributed by atoms with van der Waals surface area (Å²) in [7, 11) is 0. The molecule has 0 saturated carbocycles. The van der Waals surface area contributed by atoms with Crippen LogP contribution in [-0.2, 0) is 20.8 Å². The van der Waals surface area contributed by atoms with Crippen molar-refractivity contribution in [2.75, 3.05) is 46.2 Å². The van der Waals surface area contributed by atoms with Gasteiger partial charge in [0.05, 0.1) is 0 Å². The van der Waals surface area contributed by atoms with Crippen LogP contribution in [0.5, 0.6) is 11.5 Å². The van der Waals surface area contributed by atoms with Gasteiger partial charge in [0, 0.05) is 57.8 Å². The third kappa shape index (κ3) is 5.54. The second-order valence-electron chi connectivity index (χ2n) is 9.34. The fourth-order valence-corrected chi connectivity index (χ4v) is 5.87. The summed E-state index contributed by atoms with van der Waals surface area (Å²) in [6.07, 6.45) is 2.89. The fourth-order valence-electron chi connectivity index (χ4n) is 5.16. The van der Waals surface area contributed by atoms with E-state index in [1.807, 2.05) is 30.0 Å². The number of rotatable bonds is 9. The van der Waals surface area contributed by atoms with E-state index in [4.69, 9.17) is 18.9 Å². The number of hydrogen-bond acceptors (Lipinski definition) is 8. The molecular weight excluding hydrogens is 480 g/mol.